The molecule has 2 aliphatic rings. The van der Waals surface area contributed by atoms with Gasteiger partial charge in [0.15, 0.2) is 5.69 Å². The van der Waals surface area contributed by atoms with Crippen molar-refractivity contribution >= 4 is 77.2 Å². The van der Waals surface area contributed by atoms with Gasteiger partial charge >= 0.3 is 17.6 Å². The van der Waals surface area contributed by atoms with E-state index in [1.165, 1.54) is 60.1 Å². The molecule has 2 aliphatic heterocycles. The van der Waals surface area contributed by atoms with Crippen LogP contribution in [0.2, 0.25) is 0 Å². The summed E-state index contributed by atoms with van der Waals surface area (Å²) in [6.45, 7) is 18.4. The lowest BCUT2D eigenvalue weighted by Gasteiger charge is -2.37. The summed E-state index contributed by atoms with van der Waals surface area (Å²) < 4.78 is 106. The van der Waals surface area contributed by atoms with Gasteiger partial charge in [-0.25, -0.2) is 9.98 Å². The quantitative estimate of drug-likeness (QED) is 0.0109. The molecule has 6 N–H and O–H groups in total. The molecule has 5 aromatic rings. The fraction of sp³-hybridized carbons (Fsp3) is 0.508. The van der Waals surface area contributed by atoms with E-state index in [2.05, 4.69) is 47.8 Å². The standard InChI is InChI=1S/C27H37F5N10O4.C22H30N8O4.C8H8F3NS.2C2H6/c1-6-16(8-9-26(28,29)27(30,31)32)35-19(43)15-41-18(7-2)20(23(46)42-25(41)36-24(37-42)38(4)5)39-10-12-40(13-11-39)22(45)17(14-34-3)21(33)44;1-5-16-19(21(34)30(23-2)22(25-15-26(3)4)29(16)13-14-31)27-9-11-28(12-10-27)20(33)18-17(32)7-6-8-24-18;1-12-6-2-4-7(5-3-6)13-8(9,10)11;2*1-2/h6,14,34H,7-13,15H2,1-5H3,(H2,33,44)(H,35,43);6-8,14,32H,2,5,9-13,15H2,1,3-4H3;2-5,12H,1H3;2*1-2H3/b16-6+,17-14+;25-22-;;;. The first-order valence-corrected chi connectivity index (χ1v) is 31.6. The molecule has 4 aromatic heterocycles. The first-order valence-electron chi connectivity index (χ1n) is 30.8. The number of halogens is 8. The largest absolute Gasteiger partial charge is 0.505 e. The number of amides is 4. The monoisotopic (exact) mass is 1400 g/mol. The number of aromatic nitrogens is 7. The van der Waals surface area contributed by atoms with Crippen molar-refractivity contribution in [3.8, 4) is 5.75 Å². The van der Waals surface area contributed by atoms with E-state index in [1.54, 1.807) is 65.5 Å². The van der Waals surface area contributed by atoms with Gasteiger partial charge in [-0.2, -0.15) is 54.4 Å². The minimum absolute atomic E-state index is 0.000841. The van der Waals surface area contributed by atoms with E-state index in [0.717, 1.165) is 21.2 Å². The average molecular weight is 1400 g/mol. The Labute approximate surface area is 560 Å². The Morgan fingerprint density at radius 3 is 1.84 bits per heavy atom. The van der Waals surface area contributed by atoms with Crippen LogP contribution in [0.1, 0.15) is 83.2 Å². The lowest BCUT2D eigenvalue weighted by Crippen LogP contribution is -2.52. The van der Waals surface area contributed by atoms with Gasteiger partial charge in [-0.1, -0.05) is 47.6 Å². The van der Waals surface area contributed by atoms with Crippen LogP contribution in [0.15, 0.2) is 90.7 Å². The van der Waals surface area contributed by atoms with Gasteiger partial charge in [0.1, 0.15) is 35.5 Å². The number of rotatable bonds is 22. The van der Waals surface area contributed by atoms with Crippen molar-refractivity contribution in [2.45, 2.75) is 110 Å². The second-order valence-electron chi connectivity index (χ2n) is 20.9. The fourth-order valence-corrected chi connectivity index (χ4v) is 10.2. The molecule has 0 unspecified atom stereocenters. The van der Waals surface area contributed by atoms with Crippen molar-refractivity contribution in [2.24, 2.45) is 15.8 Å². The number of alkyl halides is 8. The summed E-state index contributed by atoms with van der Waals surface area (Å²) >= 11 is -0.108. The summed E-state index contributed by atoms with van der Waals surface area (Å²) in [5.74, 6) is -7.56. The van der Waals surface area contributed by atoms with E-state index < -0.39 is 60.3 Å². The van der Waals surface area contributed by atoms with E-state index in [4.69, 9.17) is 5.73 Å². The van der Waals surface area contributed by atoms with Gasteiger partial charge < -0.3 is 65.2 Å². The molecule has 536 valence electrons. The molecule has 0 bridgehead atoms. The van der Waals surface area contributed by atoms with Gasteiger partial charge in [-0.15, -0.1) is 5.10 Å². The smallest absolute Gasteiger partial charge is 0.453 e. The predicted molar refractivity (Wildman–Crippen MR) is 356 cm³/mol. The Bertz CT molecular complexity index is 3740. The van der Waals surface area contributed by atoms with Gasteiger partial charge in [0.25, 0.3) is 28.8 Å². The van der Waals surface area contributed by atoms with Crippen LogP contribution in [0.3, 0.4) is 0 Å². The highest BCUT2D eigenvalue weighted by Crippen LogP contribution is 2.40. The van der Waals surface area contributed by atoms with Crippen molar-refractivity contribution in [1.82, 2.24) is 58.7 Å². The number of nitrogens with zero attached hydrogens (tertiary/aromatic N) is 15. The number of allylic oxidation sites excluding steroid dienone is 2. The number of hydrogen-bond acceptors (Lipinski definition) is 20. The fourth-order valence-electron chi connectivity index (χ4n) is 9.64. The van der Waals surface area contributed by atoms with Crippen LogP contribution in [0.5, 0.6) is 5.75 Å². The second-order valence-corrected chi connectivity index (χ2v) is 22.1. The summed E-state index contributed by atoms with van der Waals surface area (Å²) in [5.41, 5.74) is 2.53. The molecule has 0 atom stereocenters. The molecule has 0 saturated carbocycles. The molecular weight excluding hydrogens is 1310 g/mol. The molecule has 0 spiro atoms. The van der Waals surface area contributed by atoms with E-state index in [9.17, 15) is 73.8 Å². The molecule has 0 aliphatic carbocycles. The third-order valence-electron chi connectivity index (χ3n) is 14.2. The zero-order chi connectivity index (χ0) is 73.3. The topological polar surface area (TPSA) is 304 Å². The number of carbonyl (C=O) groups excluding carboxylic acids is 5. The van der Waals surface area contributed by atoms with Gasteiger partial charge in [-0.05, 0) is 88.4 Å². The Balaban J connectivity index is 0.000000418. The van der Waals surface area contributed by atoms with Crippen LogP contribution >= 0.6 is 11.8 Å². The molecule has 4 amide bonds. The average Bonchev–Trinajstić information content (AvgIpc) is 1.70. The number of anilines is 4. The molecule has 27 nitrogen and oxygen atoms in total. The third kappa shape index (κ3) is 21.8. The molecule has 6 heterocycles. The van der Waals surface area contributed by atoms with Crippen LogP contribution in [-0.2, 0) is 45.1 Å². The zero-order valence-corrected chi connectivity index (χ0v) is 57.4. The predicted octanol–water partition coefficient (Wildman–Crippen LogP) is 5.50. The number of nitrogens with one attached hydrogen (secondary N) is 3. The summed E-state index contributed by atoms with van der Waals surface area (Å²) in [4.78, 5) is 113. The molecule has 36 heteroatoms. The number of thioether (sulfide) groups is 1. The lowest BCUT2D eigenvalue weighted by atomic mass is 10.1. The van der Waals surface area contributed by atoms with E-state index in [0.29, 0.717) is 56.3 Å². The molecule has 0 radical (unpaired) electrons. The second kappa shape index (κ2) is 37.8. The van der Waals surface area contributed by atoms with Gasteiger partial charge in [0.2, 0.25) is 23.3 Å². The molecule has 2 fully saturated rings. The van der Waals surface area contributed by atoms with Crippen LogP contribution in [0, 0.1) is 0 Å². The number of benzene rings is 1. The van der Waals surface area contributed by atoms with Crippen molar-refractivity contribution in [1.29, 1.82) is 0 Å². The minimum Gasteiger partial charge on any atom is -0.505 e. The van der Waals surface area contributed by atoms with Gasteiger partial charge in [-0.3, -0.25) is 33.7 Å². The number of fused-ring (bicyclic) bond motifs is 1. The summed E-state index contributed by atoms with van der Waals surface area (Å²) in [6, 6.07) is 9.05. The summed E-state index contributed by atoms with van der Waals surface area (Å²) in [6.07, 6.45) is -2.67. The highest BCUT2D eigenvalue weighted by atomic mass is 32.2. The van der Waals surface area contributed by atoms with Crippen LogP contribution in [0.25, 0.3) is 5.78 Å². The van der Waals surface area contributed by atoms with Crippen molar-refractivity contribution < 1.29 is 64.2 Å². The number of hydrogen-bond donors (Lipinski definition) is 5. The maximum absolute atomic E-state index is 13.8. The first kappa shape index (κ1) is 81.9. The van der Waals surface area contributed by atoms with Crippen molar-refractivity contribution in [2.75, 3.05) is 121 Å². The molecule has 7 rings (SSSR count). The SMILES string of the molecule is C/C=C(\CCC(F)(F)C(F)(F)F)NC(=O)Cn1c(CC)c(N2CCN(C(=O)/C(=C/NC)C(N)=O)CC2)c(=O)n2nc(N(C)C)nc12.C=Nn1c(=O)c(N2CCN(C(=O)c3ncccc3O)CC2)c(CC)n(CC=O)/c1=N/CN(C)C.CC.CC.CNc1ccc(SC(F)(F)F)cc1. The summed E-state index contributed by atoms with van der Waals surface area (Å²) in [7, 11) is 10.2. The molecule has 2 saturated heterocycles. The number of nitrogens with two attached hydrogens (primary N) is 1. The van der Waals surface area contributed by atoms with Crippen LogP contribution in [-0.4, -0.2) is 209 Å². The van der Waals surface area contributed by atoms with E-state index >= 15 is 0 Å². The number of aldehydes is 1. The lowest BCUT2D eigenvalue weighted by molar-refractivity contribution is -0.284. The van der Waals surface area contributed by atoms with E-state index in [-0.39, 0.29) is 113 Å². The Morgan fingerprint density at radius 1 is 0.814 bits per heavy atom. The first-order chi connectivity index (χ1) is 45.8. The van der Waals surface area contributed by atoms with Crippen molar-refractivity contribution in [3.05, 3.63) is 110 Å². The third-order valence-corrected chi connectivity index (χ3v) is 14.9. The van der Waals surface area contributed by atoms with Crippen molar-refractivity contribution in [3.63, 3.8) is 0 Å². The summed E-state index contributed by atoms with van der Waals surface area (Å²) in [5, 5.41) is 26.0. The Hall–Kier alpha value is -9.35. The number of pyridine rings is 1. The maximum Gasteiger partial charge on any atom is 0.453 e. The maximum atomic E-state index is 13.8. The Morgan fingerprint density at radius 2 is 1.37 bits per heavy atom. The zero-order valence-electron chi connectivity index (χ0n) is 56.6. The number of piperazine rings is 2. The number of primary amides is 1. The van der Waals surface area contributed by atoms with Crippen LogP contribution in [0.4, 0.5) is 58.1 Å². The van der Waals surface area contributed by atoms with E-state index in [1.807, 2.05) is 58.5 Å². The van der Waals surface area contributed by atoms with Gasteiger partial charge in [0, 0.05) is 122 Å². The normalized spacial score (nSPS) is 13.8. The molecule has 1 aromatic carbocycles. The molecule has 97 heavy (non-hydrogen) atoms. The van der Waals surface area contributed by atoms with Gasteiger partial charge in [0.05, 0.1) is 24.6 Å². The molecular formula is C61H87F8N19O8S. The number of aromatic hydroxyl groups is 1. The van der Waals surface area contributed by atoms with Crippen LogP contribution < -0.4 is 53.1 Å². The highest BCUT2D eigenvalue weighted by molar-refractivity contribution is 8.00. The minimum atomic E-state index is -5.73. The highest BCUT2D eigenvalue weighted by Gasteiger charge is 2.56. The Kier molecular flexibility index (Phi) is 31.9. The number of carbonyl (C=O) groups is 5.